The molecule has 0 aliphatic rings. The van der Waals surface area contributed by atoms with Gasteiger partial charge in [-0.3, -0.25) is 9.79 Å². The van der Waals surface area contributed by atoms with Gasteiger partial charge < -0.3 is 5.73 Å². The molecular formula is C8H16N2O. The number of unbranched alkanes of at least 4 members (excludes halogenated alkanes) is 1. The molecule has 64 valence electrons. The van der Waals surface area contributed by atoms with Crippen molar-refractivity contribution in [2.45, 2.75) is 32.6 Å². The molecule has 0 saturated carbocycles. The number of aliphatic imine (C=N–C) groups is 1. The Morgan fingerprint density at radius 2 is 2.27 bits per heavy atom. The summed E-state index contributed by atoms with van der Waals surface area (Å²) in [7, 11) is 0. The third-order valence-electron chi connectivity index (χ3n) is 1.49. The minimum atomic E-state index is 0.335. The van der Waals surface area contributed by atoms with E-state index in [9.17, 15) is 4.79 Å². The first kappa shape index (κ1) is 10.1. The molecule has 0 aromatic heterocycles. The summed E-state index contributed by atoms with van der Waals surface area (Å²) in [6.07, 6.45) is 4.54. The zero-order valence-electron chi connectivity index (χ0n) is 7.05. The SMILES string of the molecule is CCC(=O)CCCCN=CN. The Balaban J connectivity index is 3.08. The van der Waals surface area contributed by atoms with Crippen LogP contribution in [-0.2, 0) is 4.79 Å². The number of nitrogens with zero attached hydrogens (tertiary/aromatic N) is 1. The smallest absolute Gasteiger partial charge is 0.132 e. The molecule has 0 aliphatic heterocycles. The van der Waals surface area contributed by atoms with Gasteiger partial charge in [-0.05, 0) is 12.8 Å². The van der Waals surface area contributed by atoms with Crippen LogP contribution in [0.1, 0.15) is 32.6 Å². The zero-order valence-corrected chi connectivity index (χ0v) is 7.05. The molecule has 0 amide bonds. The summed E-state index contributed by atoms with van der Waals surface area (Å²) in [6.45, 7) is 2.63. The first-order chi connectivity index (χ1) is 5.31. The second-order valence-corrected chi connectivity index (χ2v) is 2.40. The van der Waals surface area contributed by atoms with Crippen LogP contribution in [-0.4, -0.2) is 18.7 Å². The minimum Gasteiger partial charge on any atom is -0.390 e. The monoisotopic (exact) mass is 156 g/mol. The molecule has 0 aliphatic carbocycles. The van der Waals surface area contributed by atoms with E-state index in [0.717, 1.165) is 19.4 Å². The van der Waals surface area contributed by atoms with Crippen LogP contribution in [0, 0.1) is 0 Å². The number of Topliss-reactive ketones (excluding diaryl/α,β-unsaturated/α-hetero) is 1. The van der Waals surface area contributed by atoms with Crippen LogP contribution < -0.4 is 5.73 Å². The van der Waals surface area contributed by atoms with Gasteiger partial charge in [0.05, 0.1) is 6.34 Å². The molecule has 3 nitrogen and oxygen atoms in total. The van der Waals surface area contributed by atoms with Crippen molar-refractivity contribution in [3.05, 3.63) is 0 Å². The third kappa shape index (κ3) is 7.03. The van der Waals surface area contributed by atoms with Crippen LogP contribution in [0.25, 0.3) is 0 Å². The molecule has 0 unspecified atom stereocenters. The lowest BCUT2D eigenvalue weighted by atomic mass is 10.1. The minimum absolute atomic E-state index is 0.335. The van der Waals surface area contributed by atoms with Crippen molar-refractivity contribution < 1.29 is 4.79 Å². The van der Waals surface area contributed by atoms with Crippen molar-refractivity contribution in [3.63, 3.8) is 0 Å². The number of carbonyl (C=O) groups excluding carboxylic acids is 1. The molecule has 0 saturated heterocycles. The Kier molecular flexibility index (Phi) is 6.68. The summed E-state index contributed by atoms with van der Waals surface area (Å²) in [5, 5.41) is 0. The fourth-order valence-corrected chi connectivity index (χ4v) is 0.777. The molecule has 0 aromatic carbocycles. The first-order valence-corrected chi connectivity index (χ1v) is 4.03. The highest BCUT2D eigenvalue weighted by molar-refractivity contribution is 5.77. The number of ketones is 1. The van der Waals surface area contributed by atoms with Crippen LogP contribution in [0.4, 0.5) is 0 Å². The summed E-state index contributed by atoms with van der Waals surface area (Å²) >= 11 is 0. The number of nitrogens with two attached hydrogens (primary N) is 1. The second kappa shape index (κ2) is 7.25. The van der Waals surface area contributed by atoms with E-state index >= 15 is 0 Å². The van der Waals surface area contributed by atoms with Crippen LogP contribution in [0.3, 0.4) is 0 Å². The maximum atomic E-state index is 10.8. The van der Waals surface area contributed by atoms with Gasteiger partial charge in [0, 0.05) is 19.4 Å². The lowest BCUT2D eigenvalue weighted by molar-refractivity contribution is -0.118. The Morgan fingerprint density at radius 3 is 2.82 bits per heavy atom. The third-order valence-corrected chi connectivity index (χ3v) is 1.49. The molecule has 0 heterocycles. The average molecular weight is 156 g/mol. The Bertz CT molecular complexity index is 132. The highest BCUT2D eigenvalue weighted by Crippen LogP contribution is 1.98. The highest BCUT2D eigenvalue weighted by atomic mass is 16.1. The van der Waals surface area contributed by atoms with Crippen molar-refractivity contribution in [2.24, 2.45) is 10.7 Å². The van der Waals surface area contributed by atoms with E-state index in [2.05, 4.69) is 4.99 Å². The molecular weight excluding hydrogens is 140 g/mol. The first-order valence-electron chi connectivity index (χ1n) is 4.03. The van der Waals surface area contributed by atoms with E-state index in [4.69, 9.17) is 5.73 Å². The molecule has 11 heavy (non-hydrogen) atoms. The van der Waals surface area contributed by atoms with Gasteiger partial charge in [0.15, 0.2) is 0 Å². The summed E-state index contributed by atoms with van der Waals surface area (Å²) in [5.74, 6) is 0.335. The zero-order chi connectivity index (χ0) is 8.53. The Labute approximate surface area is 67.7 Å². The van der Waals surface area contributed by atoms with Gasteiger partial charge >= 0.3 is 0 Å². The molecule has 2 N–H and O–H groups in total. The second-order valence-electron chi connectivity index (χ2n) is 2.40. The van der Waals surface area contributed by atoms with Gasteiger partial charge in [-0.25, -0.2) is 0 Å². The highest BCUT2D eigenvalue weighted by Gasteiger charge is 1.95. The number of carbonyl (C=O) groups is 1. The van der Waals surface area contributed by atoms with Crippen molar-refractivity contribution in [1.29, 1.82) is 0 Å². The average Bonchev–Trinajstić information content (AvgIpc) is 2.04. The largest absolute Gasteiger partial charge is 0.390 e. The van der Waals surface area contributed by atoms with Gasteiger partial charge in [0.1, 0.15) is 5.78 Å². The normalized spacial score (nSPS) is 10.6. The molecule has 0 radical (unpaired) electrons. The maximum Gasteiger partial charge on any atom is 0.132 e. The summed E-state index contributed by atoms with van der Waals surface area (Å²) in [5.41, 5.74) is 5.04. The molecule has 0 rings (SSSR count). The summed E-state index contributed by atoms with van der Waals surface area (Å²) < 4.78 is 0. The molecule has 0 fully saturated rings. The van der Waals surface area contributed by atoms with Crippen LogP contribution in [0.15, 0.2) is 4.99 Å². The van der Waals surface area contributed by atoms with Crippen LogP contribution in [0.2, 0.25) is 0 Å². The van der Waals surface area contributed by atoms with E-state index in [0.29, 0.717) is 18.6 Å². The van der Waals surface area contributed by atoms with E-state index in [1.54, 1.807) is 0 Å². The van der Waals surface area contributed by atoms with E-state index in [1.165, 1.54) is 6.34 Å². The number of hydrogen-bond acceptors (Lipinski definition) is 2. The van der Waals surface area contributed by atoms with Gasteiger partial charge in [-0.1, -0.05) is 6.92 Å². The van der Waals surface area contributed by atoms with Crippen LogP contribution >= 0.6 is 0 Å². The fraction of sp³-hybridized carbons (Fsp3) is 0.750. The van der Waals surface area contributed by atoms with Crippen molar-refractivity contribution in [2.75, 3.05) is 6.54 Å². The van der Waals surface area contributed by atoms with Gasteiger partial charge in [-0.2, -0.15) is 0 Å². The quantitative estimate of drug-likeness (QED) is 0.356. The molecule has 3 heteroatoms. The molecule has 0 aromatic rings. The lowest BCUT2D eigenvalue weighted by Crippen LogP contribution is -1.96. The number of hydrogen-bond donors (Lipinski definition) is 1. The van der Waals surface area contributed by atoms with Gasteiger partial charge in [-0.15, -0.1) is 0 Å². The molecule has 0 spiro atoms. The van der Waals surface area contributed by atoms with Gasteiger partial charge in [0.2, 0.25) is 0 Å². The predicted octanol–water partition coefficient (Wildman–Crippen LogP) is 1.12. The summed E-state index contributed by atoms with van der Waals surface area (Å²) in [4.78, 5) is 14.6. The van der Waals surface area contributed by atoms with Crippen molar-refractivity contribution in [1.82, 2.24) is 0 Å². The fourth-order valence-electron chi connectivity index (χ4n) is 0.777. The standard InChI is InChI=1S/C8H16N2O/c1-2-8(11)5-3-4-6-10-7-9/h7H,2-6H2,1H3,(H2,9,10). The van der Waals surface area contributed by atoms with Crippen molar-refractivity contribution in [3.8, 4) is 0 Å². The van der Waals surface area contributed by atoms with E-state index in [-0.39, 0.29) is 0 Å². The maximum absolute atomic E-state index is 10.8. The topological polar surface area (TPSA) is 55.5 Å². The predicted molar refractivity (Wildman–Crippen MR) is 46.7 cm³/mol. The Hall–Kier alpha value is -0.860. The Morgan fingerprint density at radius 1 is 1.55 bits per heavy atom. The number of rotatable bonds is 6. The van der Waals surface area contributed by atoms with Crippen LogP contribution in [0.5, 0.6) is 0 Å². The van der Waals surface area contributed by atoms with E-state index in [1.807, 2.05) is 6.92 Å². The molecule has 0 bridgehead atoms. The summed E-state index contributed by atoms with van der Waals surface area (Å²) in [6, 6.07) is 0. The lowest BCUT2D eigenvalue weighted by Gasteiger charge is -1.94. The molecule has 0 atom stereocenters. The van der Waals surface area contributed by atoms with Gasteiger partial charge in [0.25, 0.3) is 0 Å². The van der Waals surface area contributed by atoms with E-state index < -0.39 is 0 Å². The van der Waals surface area contributed by atoms with Crippen molar-refractivity contribution >= 4 is 12.1 Å².